The molecule has 2 heterocycles. The molecular weight excluding hydrogens is 455 g/mol. The molecule has 1 aromatic heterocycles. The molecule has 2 N–H and O–H groups in total. The molecule has 1 aliphatic heterocycles. The van der Waals surface area contributed by atoms with Gasteiger partial charge in [0.05, 0.1) is 0 Å². The summed E-state index contributed by atoms with van der Waals surface area (Å²) in [6.45, 7) is 0.366. The number of fused-ring (bicyclic) bond motifs is 1. The number of ether oxygens (including phenoxy) is 1. The molecular formula is C22H22Cl2N4O4. The van der Waals surface area contributed by atoms with Crippen molar-refractivity contribution in [3.63, 3.8) is 0 Å². The van der Waals surface area contributed by atoms with E-state index < -0.39 is 17.6 Å². The van der Waals surface area contributed by atoms with Gasteiger partial charge in [-0.1, -0.05) is 35.3 Å². The standard InChI is InChI=1S/C22H22Cl2N4O4/c1-26-19-18(20(30)27(22(26)31)11-2-12-29)25-21(32-17-9-7-16(24)8-10-17)28(19)13-14-3-5-15(23)6-4-14/h3-10,21,25,29H,2,11-13H2,1H3. The van der Waals surface area contributed by atoms with Crippen LogP contribution in [0.3, 0.4) is 0 Å². The summed E-state index contributed by atoms with van der Waals surface area (Å²) in [5, 5.41) is 13.4. The van der Waals surface area contributed by atoms with E-state index in [1.165, 1.54) is 4.57 Å². The lowest BCUT2D eigenvalue weighted by molar-refractivity contribution is 0.227. The Hall–Kier alpha value is -2.94. The molecule has 0 aliphatic carbocycles. The van der Waals surface area contributed by atoms with Crippen molar-refractivity contribution in [1.82, 2.24) is 9.13 Å². The summed E-state index contributed by atoms with van der Waals surface area (Å²) in [7, 11) is 1.61. The molecule has 168 valence electrons. The van der Waals surface area contributed by atoms with Gasteiger partial charge in [0.1, 0.15) is 17.3 Å². The average Bonchev–Trinajstić information content (AvgIpc) is 3.13. The molecule has 0 spiro atoms. The fraction of sp³-hybridized carbons (Fsp3) is 0.273. The molecule has 4 rings (SSSR count). The number of hydrogen-bond donors (Lipinski definition) is 2. The molecule has 3 aromatic rings. The first-order valence-electron chi connectivity index (χ1n) is 10.0. The maximum Gasteiger partial charge on any atom is 0.332 e. The van der Waals surface area contributed by atoms with E-state index in [1.807, 2.05) is 17.0 Å². The number of anilines is 2. The first kappa shape index (κ1) is 22.3. The summed E-state index contributed by atoms with van der Waals surface area (Å²) in [6, 6.07) is 14.2. The van der Waals surface area contributed by atoms with Gasteiger partial charge in [0.25, 0.3) is 11.9 Å². The van der Waals surface area contributed by atoms with E-state index in [9.17, 15) is 9.59 Å². The Kier molecular flexibility index (Phi) is 6.45. The van der Waals surface area contributed by atoms with Gasteiger partial charge in [-0.25, -0.2) is 4.79 Å². The molecule has 0 saturated carbocycles. The van der Waals surface area contributed by atoms with Crippen LogP contribution in [-0.4, -0.2) is 27.2 Å². The highest BCUT2D eigenvalue weighted by Crippen LogP contribution is 2.33. The number of aliphatic hydroxyl groups excluding tert-OH is 1. The molecule has 0 fully saturated rings. The molecule has 32 heavy (non-hydrogen) atoms. The van der Waals surface area contributed by atoms with E-state index in [-0.39, 0.29) is 18.8 Å². The Labute approximate surface area is 194 Å². The highest BCUT2D eigenvalue weighted by molar-refractivity contribution is 6.30. The molecule has 1 aliphatic rings. The molecule has 1 unspecified atom stereocenters. The van der Waals surface area contributed by atoms with Crippen LogP contribution in [0.1, 0.15) is 12.0 Å². The Morgan fingerprint density at radius 2 is 1.66 bits per heavy atom. The van der Waals surface area contributed by atoms with E-state index in [4.69, 9.17) is 33.0 Å². The summed E-state index contributed by atoms with van der Waals surface area (Å²) in [6.07, 6.45) is -0.443. The van der Waals surface area contributed by atoms with Crippen LogP contribution in [-0.2, 0) is 20.1 Å². The molecule has 10 heteroatoms. The Bertz CT molecular complexity index is 1220. The normalized spacial score (nSPS) is 14.9. The van der Waals surface area contributed by atoms with Crippen molar-refractivity contribution in [3.05, 3.63) is 85.0 Å². The number of benzene rings is 2. The molecule has 0 saturated heterocycles. The smallest absolute Gasteiger partial charge is 0.332 e. The second-order valence-corrected chi connectivity index (χ2v) is 8.27. The third kappa shape index (κ3) is 4.34. The molecule has 1 atom stereocenters. The molecule has 2 aromatic carbocycles. The lowest BCUT2D eigenvalue weighted by Crippen LogP contribution is -2.42. The van der Waals surface area contributed by atoms with Gasteiger partial charge >= 0.3 is 5.69 Å². The highest BCUT2D eigenvalue weighted by Gasteiger charge is 2.36. The number of halogens is 2. The lowest BCUT2D eigenvalue weighted by atomic mass is 10.2. The van der Waals surface area contributed by atoms with Crippen molar-refractivity contribution in [2.24, 2.45) is 7.05 Å². The first-order valence-corrected chi connectivity index (χ1v) is 10.8. The van der Waals surface area contributed by atoms with Crippen molar-refractivity contribution in [1.29, 1.82) is 0 Å². The van der Waals surface area contributed by atoms with Crippen molar-refractivity contribution >= 4 is 34.7 Å². The quantitative estimate of drug-likeness (QED) is 0.544. The van der Waals surface area contributed by atoms with Crippen LogP contribution in [0.2, 0.25) is 10.0 Å². The molecule has 0 amide bonds. The van der Waals surface area contributed by atoms with Crippen LogP contribution < -0.4 is 26.2 Å². The van der Waals surface area contributed by atoms with Crippen molar-refractivity contribution in [3.8, 4) is 5.75 Å². The number of nitrogens with one attached hydrogen (secondary N) is 1. The number of rotatable bonds is 7. The molecule has 0 bridgehead atoms. The van der Waals surface area contributed by atoms with Crippen LogP contribution in [0.5, 0.6) is 5.75 Å². The lowest BCUT2D eigenvalue weighted by Gasteiger charge is -2.27. The van der Waals surface area contributed by atoms with Crippen LogP contribution in [0.15, 0.2) is 58.1 Å². The van der Waals surface area contributed by atoms with Crippen molar-refractivity contribution in [2.75, 3.05) is 16.8 Å². The average molecular weight is 477 g/mol. The zero-order chi connectivity index (χ0) is 22.8. The van der Waals surface area contributed by atoms with Gasteiger partial charge in [-0.05, 0) is 48.4 Å². The van der Waals surface area contributed by atoms with E-state index in [1.54, 1.807) is 43.4 Å². The third-order valence-electron chi connectivity index (χ3n) is 5.21. The third-order valence-corrected chi connectivity index (χ3v) is 5.71. The summed E-state index contributed by atoms with van der Waals surface area (Å²) >= 11 is 12.0. The second-order valence-electron chi connectivity index (χ2n) is 7.40. The van der Waals surface area contributed by atoms with Crippen LogP contribution in [0, 0.1) is 0 Å². The largest absolute Gasteiger partial charge is 0.452 e. The summed E-state index contributed by atoms with van der Waals surface area (Å²) < 4.78 is 8.66. The topological polar surface area (TPSA) is 88.7 Å². The SMILES string of the molecule is Cn1c2c(c(=O)n(CCCO)c1=O)NC(Oc1ccc(Cl)cc1)N2Cc1ccc(Cl)cc1. The fourth-order valence-corrected chi connectivity index (χ4v) is 3.89. The van der Waals surface area contributed by atoms with Gasteiger partial charge in [-0.15, -0.1) is 0 Å². The number of nitrogens with zero attached hydrogens (tertiary/aromatic N) is 3. The fourth-order valence-electron chi connectivity index (χ4n) is 3.64. The Balaban J connectivity index is 1.77. The predicted octanol–water partition coefficient (Wildman–Crippen LogP) is 3.03. The monoisotopic (exact) mass is 476 g/mol. The van der Waals surface area contributed by atoms with Crippen molar-refractivity contribution < 1.29 is 9.84 Å². The number of hydrogen-bond acceptors (Lipinski definition) is 6. The minimum atomic E-state index is -0.742. The van der Waals surface area contributed by atoms with E-state index in [2.05, 4.69) is 5.32 Å². The van der Waals surface area contributed by atoms with Gasteiger partial charge in [0.15, 0.2) is 0 Å². The van der Waals surface area contributed by atoms with Crippen molar-refractivity contribution in [2.45, 2.75) is 25.9 Å². The zero-order valence-electron chi connectivity index (χ0n) is 17.3. The van der Waals surface area contributed by atoms with E-state index in [0.29, 0.717) is 34.6 Å². The number of aliphatic hydroxyl groups is 1. The van der Waals surface area contributed by atoms with Gasteiger partial charge in [-0.3, -0.25) is 18.8 Å². The van der Waals surface area contributed by atoms with E-state index >= 15 is 0 Å². The summed E-state index contributed by atoms with van der Waals surface area (Å²) in [4.78, 5) is 27.8. The minimum absolute atomic E-state index is 0.120. The number of aromatic nitrogens is 2. The maximum atomic E-state index is 13.1. The first-order chi connectivity index (χ1) is 15.4. The maximum absolute atomic E-state index is 13.1. The zero-order valence-corrected chi connectivity index (χ0v) is 18.8. The highest BCUT2D eigenvalue weighted by atomic mass is 35.5. The summed E-state index contributed by atoms with van der Waals surface area (Å²) in [5.74, 6) is 0.973. The van der Waals surface area contributed by atoms with Gasteiger partial charge < -0.3 is 15.2 Å². The van der Waals surface area contributed by atoms with Crippen LogP contribution >= 0.6 is 23.2 Å². The predicted molar refractivity (Wildman–Crippen MR) is 125 cm³/mol. The Morgan fingerprint density at radius 1 is 1.03 bits per heavy atom. The second kappa shape index (κ2) is 9.28. The van der Waals surface area contributed by atoms with Crippen LogP contribution in [0.25, 0.3) is 0 Å². The van der Waals surface area contributed by atoms with Crippen LogP contribution in [0.4, 0.5) is 11.5 Å². The minimum Gasteiger partial charge on any atom is -0.452 e. The van der Waals surface area contributed by atoms with Gasteiger partial charge in [0.2, 0.25) is 0 Å². The van der Waals surface area contributed by atoms with Gasteiger partial charge in [-0.2, -0.15) is 0 Å². The Morgan fingerprint density at radius 3 is 2.28 bits per heavy atom. The van der Waals surface area contributed by atoms with E-state index in [0.717, 1.165) is 10.1 Å². The molecule has 0 radical (unpaired) electrons. The van der Waals surface area contributed by atoms with Gasteiger partial charge in [0, 0.05) is 36.8 Å². The molecule has 8 nitrogen and oxygen atoms in total. The summed E-state index contributed by atoms with van der Waals surface area (Å²) in [5.41, 5.74) is 0.265.